The van der Waals surface area contributed by atoms with Crippen LogP contribution < -0.4 is 15.1 Å². The van der Waals surface area contributed by atoms with Gasteiger partial charge in [0.05, 0.1) is 14.8 Å². The van der Waals surface area contributed by atoms with Gasteiger partial charge in [-0.15, -0.1) is 0 Å². The number of carbonyl (C=O) groups is 1. The van der Waals surface area contributed by atoms with Gasteiger partial charge in [-0.05, 0) is 85.5 Å². The lowest BCUT2D eigenvalue weighted by Gasteiger charge is -2.47. The SMILES string of the molecule is CCN1c2cc(Cl)c(/C=N/NC(=O)COc3ccccc3I)cc2C(C)CC1(C)C. The first-order valence-electron chi connectivity index (χ1n) is 10.0. The quantitative estimate of drug-likeness (QED) is 0.296. The highest BCUT2D eigenvalue weighted by Gasteiger charge is 2.35. The molecule has 0 bridgehead atoms. The molecule has 30 heavy (non-hydrogen) atoms. The molecule has 1 amide bonds. The lowest BCUT2D eigenvalue weighted by Crippen LogP contribution is -2.48. The molecule has 0 spiro atoms. The fourth-order valence-electron chi connectivity index (χ4n) is 4.13. The molecule has 1 unspecified atom stereocenters. The molecule has 1 aliphatic heterocycles. The van der Waals surface area contributed by atoms with E-state index in [0.717, 1.165) is 22.1 Å². The first-order valence-corrected chi connectivity index (χ1v) is 11.5. The van der Waals surface area contributed by atoms with Gasteiger partial charge in [-0.25, -0.2) is 5.43 Å². The van der Waals surface area contributed by atoms with E-state index in [9.17, 15) is 4.79 Å². The van der Waals surface area contributed by atoms with E-state index in [1.54, 1.807) is 6.21 Å². The highest BCUT2D eigenvalue weighted by molar-refractivity contribution is 14.1. The van der Waals surface area contributed by atoms with Crippen LogP contribution in [0.5, 0.6) is 5.75 Å². The number of carbonyl (C=O) groups excluding carboxylic acids is 1. The third kappa shape index (κ3) is 5.09. The lowest BCUT2D eigenvalue weighted by molar-refractivity contribution is -0.123. The van der Waals surface area contributed by atoms with E-state index in [4.69, 9.17) is 16.3 Å². The van der Waals surface area contributed by atoms with E-state index in [2.05, 4.69) is 71.8 Å². The Morgan fingerprint density at radius 2 is 2.13 bits per heavy atom. The molecule has 1 N–H and O–H groups in total. The Morgan fingerprint density at radius 3 is 2.83 bits per heavy atom. The van der Waals surface area contributed by atoms with Crippen LogP contribution in [0.2, 0.25) is 5.02 Å². The molecule has 2 aromatic carbocycles. The van der Waals surface area contributed by atoms with Crippen LogP contribution in [0.3, 0.4) is 0 Å². The highest BCUT2D eigenvalue weighted by Crippen LogP contribution is 2.44. The molecular weight excluding hydrogens is 513 g/mol. The third-order valence-electron chi connectivity index (χ3n) is 5.41. The predicted octanol–water partition coefficient (Wildman–Crippen LogP) is 5.59. The highest BCUT2D eigenvalue weighted by atomic mass is 127. The first kappa shape index (κ1) is 22.9. The summed E-state index contributed by atoms with van der Waals surface area (Å²) in [5.74, 6) is 0.762. The maximum absolute atomic E-state index is 12.0. The van der Waals surface area contributed by atoms with E-state index >= 15 is 0 Å². The summed E-state index contributed by atoms with van der Waals surface area (Å²) in [4.78, 5) is 14.5. The van der Waals surface area contributed by atoms with Gasteiger partial charge in [-0.1, -0.05) is 30.7 Å². The Bertz CT molecular complexity index is 961. The number of rotatable bonds is 6. The molecular formula is C23H27ClIN3O2. The predicted molar refractivity (Wildman–Crippen MR) is 132 cm³/mol. The van der Waals surface area contributed by atoms with Crippen LogP contribution in [0.1, 0.15) is 51.2 Å². The van der Waals surface area contributed by atoms with Crippen molar-refractivity contribution < 1.29 is 9.53 Å². The van der Waals surface area contributed by atoms with E-state index in [1.165, 1.54) is 11.3 Å². The molecule has 7 heteroatoms. The Labute approximate surface area is 197 Å². The number of hydrogen-bond donors (Lipinski definition) is 1. The van der Waals surface area contributed by atoms with Gasteiger partial charge < -0.3 is 9.64 Å². The second kappa shape index (κ2) is 9.56. The fraction of sp³-hybridized carbons (Fsp3) is 0.391. The number of nitrogens with zero attached hydrogens (tertiary/aromatic N) is 2. The molecule has 0 aromatic heterocycles. The van der Waals surface area contributed by atoms with E-state index in [0.29, 0.717) is 16.7 Å². The molecule has 160 valence electrons. The summed E-state index contributed by atoms with van der Waals surface area (Å²) in [6.45, 7) is 9.77. The number of nitrogens with one attached hydrogen (secondary N) is 1. The Morgan fingerprint density at radius 1 is 1.40 bits per heavy atom. The zero-order chi connectivity index (χ0) is 21.9. The minimum Gasteiger partial charge on any atom is -0.483 e. The normalized spacial score (nSPS) is 17.7. The number of para-hydroxylation sites is 1. The minimum absolute atomic E-state index is 0.0879. The van der Waals surface area contributed by atoms with Crippen molar-refractivity contribution in [3.8, 4) is 5.75 Å². The van der Waals surface area contributed by atoms with Gasteiger partial charge in [-0.2, -0.15) is 5.10 Å². The number of fused-ring (bicyclic) bond motifs is 1. The summed E-state index contributed by atoms with van der Waals surface area (Å²) in [7, 11) is 0. The lowest BCUT2D eigenvalue weighted by atomic mass is 9.79. The van der Waals surface area contributed by atoms with Crippen LogP contribution in [-0.4, -0.2) is 30.8 Å². The van der Waals surface area contributed by atoms with Gasteiger partial charge in [0.25, 0.3) is 5.91 Å². The smallest absolute Gasteiger partial charge is 0.277 e. The third-order valence-corrected chi connectivity index (χ3v) is 6.63. The van der Waals surface area contributed by atoms with Crippen molar-refractivity contribution in [2.45, 2.75) is 45.6 Å². The summed E-state index contributed by atoms with van der Waals surface area (Å²) in [6.07, 6.45) is 2.66. The van der Waals surface area contributed by atoms with Crippen LogP contribution in [-0.2, 0) is 4.79 Å². The van der Waals surface area contributed by atoms with Crippen molar-refractivity contribution in [1.82, 2.24) is 5.43 Å². The molecule has 1 atom stereocenters. The molecule has 1 aliphatic rings. The van der Waals surface area contributed by atoms with Crippen molar-refractivity contribution in [2.75, 3.05) is 18.1 Å². The maximum Gasteiger partial charge on any atom is 0.277 e. The number of halogens is 2. The molecule has 2 aromatic rings. The summed E-state index contributed by atoms with van der Waals surface area (Å²) in [5, 5.41) is 4.69. The topological polar surface area (TPSA) is 53.9 Å². The van der Waals surface area contributed by atoms with Gasteiger partial charge in [0.1, 0.15) is 5.75 Å². The molecule has 0 saturated heterocycles. The molecule has 1 heterocycles. The van der Waals surface area contributed by atoms with Crippen molar-refractivity contribution >= 4 is 52.0 Å². The standard InChI is InChI=1S/C23H27ClIN3O2/c1-5-28-20-11-18(24)16(10-17(20)15(2)12-23(28,3)4)13-26-27-22(29)14-30-21-9-7-6-8-19(21)25/h6-11,13,15H,5,12,14H2,1-4H3,(H,27,29)/b26-13+. The minimum atomic E-state index is -0.327. The van der Waals surface area contributed by atoms with Gasteiger partial charge in [-0.3, -0.25) is 4.79 Å². The van der Waals surface area contributed by atoms with Crippen LogP contribution in [0.25, 0.3) is 0 Å². The first-order chi connectivity index (χ1) is 14.2. The van der Waals surface area contributed by atoms with E-state index in [-0.39, 0.29) is 18.1 Å². The Kier molecular flexibility index (Phi) is 7.29. The van der Waals surface area contributed by atoms with E-state index < -0.39 is 0 Å². The molecule has 0 fully saturated rings. The fourth-order valence-corrected chi connectivity index (χ4v) is 4.88. The summed E-state index contributed by atoms with van der Waals surface area (Å²) >= 11 is 8.71. The second-order valence-electron chi connectivity index (χ2n) is 8.11. The number of amides is 1. The second-order valence-corrected chi connectivity index (χ2v) is 9.68. The molecule has 0 saturated carbocycles. The number of hydrogen-bond acceptors (Lipinski definition) is 4. The van der Waals surface area contributed by atoms with Gasteiger partial charge in [0, 0.05) is 23.3 Å². The number of benzene rings is 2. The van der Waals surface area contributed by atoms with E-state index in [1.807, 2.05) is 30.3 Å². The van der Waals surface area contributed by atoms with Crippen LogP contribution in [0.4, 0.5) is 5.69 Å². The monoisotopic (exact) mass is 539 g/mol. The van der Waals surface area contributed by atoms with Crippen molar-refractivity contribution in [3.63, 3.8) is 0 Å². The molecule has 0 radical (unpaired) electrons. The Balaban J connectivity index is 1.68. The maximum atomic E-state index is 12.0. The number of anilines is 1. The summed E-state index contributed by atoms with van der Waals surface area (Å²) < 4.78 is 6.48. The molecule has 0 aliphatic carbocycles. The summed E-state index contributed by atoms with van der Waals surface area (Å²) in [5.41, 5.74) is 5.82. The summed E-state index contributed by atoms with van der Waals surface area (Å²) in [6, 6.07) is 11.6. The molecule has 3 rings (SSSR count). The van der Waals surface area contributed by atoms with Crippen LogP contribution in [0.15, 0.2) is 41.5 Å². The zero-order valence-electron chi connectivity index (χ0n) is 17.7. The molecule has 5 nitrogen and oxygen atoms in total. The average Bonchev–Trinajstić information content (AvgIpc) is 2.68. The van der Waals surface area contributed by atoms with Gasteiger partial charge in [0.2, 0.25) is 0 Å². The Hall–Kier alpha value is -1.80. The van der Waals surface area contributed by atoms with Crippen LogP contribution in [0, 0.1) is 3.57 Å². The van der Waals surface area contributed by atoms with Crippen LogP contribution >= 0.6 is 34.2 Å². The number of hydrazone groups is 1. The van der Waals surface area contributed by atoms with Crippen molar-refractivity contribution in [3.05, 3.63) is 56.1 Å². The van der Waals surface area contributed by atoms with Crippen molar-refractivity contribution in [2.24, 2.45) is 5.10 Å². The zero-order valence-corrected chi connectivity index (χ0v) is 20.6. The average molecular weight is 540 g/mol. The number of ether oxygens (including phenoxy) is 1. The van der Waals surface area contributed by atoms with Crippen molar-refractivity contribution in [1.29, 1.82) is 0 Å². The van der Waals surface area contributed by atoms with Gasteiger partial charge in [0.15, 0.2) is 6.61 Å². The largest absolute Gasteiger partial charge is 0.483 e. The van der Waals surface area contributed by atoms with Gasteiger partial charge >= 0.3 is 0 Å².